The first-order chi connectivity index (χ1) is 4.11. The smallest absolute Gasteiger partial charge is 0.347 e. The van der Waals surface area contributed by atoms with E-state index in [-0.39, 0.29) is 0 Å². The van der Waals surface area contributed by atoms with E-state index in [1.54, 1.807) is 0 Å². The largest absolute Gasteiger partial charge is 0.371 e. The number of rotatable bonds is 1. The monoisotopic (exact) mass is 170 g/mol. The summed E-state index contributed by atoms with van der Waals surface area (Å²) in [6.45, 7) is 0.511. The molecule has 1 aliphatic rings. The van der Waals surface area contributed by atoms with Crippen LogP contribution in [0.15, 0.2) is 0 Å². The van der Waals surface area contributed by atoms with Gasteiger partial charge in [0.1, 0.15) is 7.84 Å². The topological polar surface area (TPSA) is 66.8 Å². The molecule has 9 heavy (non-hydrogen) atoms. The molecule has 1 heterocycles. The van der Waals surface area contributed by atoms with Crippen LogP contribution in [-0.2, 0) is 9.09 Å². The Morgan fingerprint density at radius 2 is 2.22 bits per heavy atom. The highest BCUT2D eigenvalue weighted by atomic mass is 32.1. The predicted molar refractivity (Wildman–Crippen MR) is 34.4 cm³/mol. The van der Waals surface area contributed by atoms with Gasteiger partial charge in [0.15, 0.2) is 0 Å². The second kappa shape index (κ2) is 2.65. The molecule has 0 spiro atoms. The van der Waals surface area contributed by atoms with Gasteiger partial charge in [0.05, 0.1) is 6.61 Å². The summed E-state index contributed by atoms with van der Waals surface area (Å²) >= 11 is 0. The summed E-state index contributed by atoms with van der Waals surface area (Å²) in [5.74, 6) is 0. The molecule has 0 aromatic rings. The zero-order valence-electron chi connectivity index (χ0n) is 4.73. The summed E-state index contributed by atoms with van der Waals surface area (Å²) in [5.41, 5.74) is 0. The van der Waals surface area contributed by atoms with Crippen molar-refractivity contribution in [3.8, 4) is 0 Å². The van der Waals surface area contributed by atoms with Crippen molar-refractivity contribution in [3.05, 3.63) is 0 Å². The van der Waals surface area contributed by atoms with E-state index < -0.39 is 15.1 Å². The van der Waals surface area contributed by atoms with Gasteiger partial charge in [-0.15, -0.1) is 0 Å². The van der Waals surface area contributed by atoms with Crippen molar-refractivity contribution >= 4 is 15.1 Å². The molecule has 0 aromatic carbocycles. The average Bonchev–Trinajstić information content (AvgIpc) is 2.08. The van der Waals surface area contributed by atoms with E-state index in [1.165, 1.54) is 0 Å². The lowest BCUT2D eigenvalue weighted by molar-refractivity contribution is 0.365. The molecule has 4 nitrogen and oxygen atoms in total. The molecule has 0 aromatic heterocycles. The van der Waals surface area contributed by atoms with E-state index in [2.05, 4.69) is 0 Å². The third-order valence-electron chi connectivity index (χ3n) is 1.02. The third kappa shape index (κ3) is 1.99. The van der Waals surface area contributed by atoms with Crippen molar-refractivity contribution in [1.29, 1.82) is 0 Å². The lowest BCUT2D eigenvalue weighted by atomic mass is 10.5. The van der Waals surface area contributed by atoms with Crippen LogP contribution in [0.5, 0.6) is 0 Å². The zero-order chi connectivity index (χ0) is 6.91. The Morgan fingerprint density at radius 3 is 2.44 bits per heavy atom. The maximum atomic E-state index is 10.4. The van der Waals surface area contributed by atoms with Crippen molar-refractivity contribution in [2.75, 3.05) is 12.8 Å². The summed E-state index contributed by atoms with van der Waals surface area (Å²) in [6, 6.07) is 0. The quantitative estimate of drug-likeness (QED) is 0.573. The van der Waals surface area contributed by atoms with E-state index in [4.69, 9.17) is 14.3 Å². The van der Waals surface area contributed by atoms with E-state index in [1.807, 2.05) is 0 Å². The molecule has 0 bridgehead atoms. The molecule has 0 aliphatic carbocycles. The van der Waals surface area contributed by atoms with E-state index in [9.17, 15) is 4.57 Å². The molecule has 1 fully saturated rings. The first-order valence-corrected chi connectivity index (χ1v) is 6.33. The molecule has 6 heteroatoms. The molecule has 2 N–H and O–H groups in total. The molecule has 1 saturated heterocycles. The average molecular weight is 170 g/mol. The van der Waals surface area contributed by atoms with Crippen LogP contribution in [0.4, 0.5) is 0 Å². The molecular weight excluding hydrogens is 162 g/mol. The Bertz CT molecular complexity index is 135. The summed E-state index contributed by atoms with van der Waals surface area (Å²) in [5, 5.41) is 0. The van der Waals surface area contributed by atoms with E-state index in [0.717, 1.165) is 6.42 Å². The van der Waals surface area contributed by atoms with Gasteiger partial charge in [0, 0.05) is 6.16 Å². The Hall–Kier alpha value is 0.540. The van der Waals surface area contributed by atoms with E-state index >= 15 is 0 Å². The SMILES string of the molecule is O=P(O)(O)P1CCCO1. The van der Waals surface area contributed by atoms with Crippen molar-refractivity contribution in [3.63, 3.8) is 0 Å². The van der Waals surface area contributed by atoms with Gasteiger partial charge in [-0.05, 0) is 6.42 Å². The van der Waals surface area contributed by atoms with Crippen LogP contribution < -0.4 is 0 Å². The second-order valence-electron chi connectivity index (χ2n) is 1.78. The molecule has 1 rings (SSSR count). The van der Waals surface area contributed by atoms with E-state index in [0.29, 0.717) is 12.8 Å². The van der Waals surface area contributed by atoms with Crippen LogP contribution in [0, 0.1) is 0 Å². The highest BCUT2D eigenvalue weighted by Gasteiger charge is 2.32. The van der Waals surface area contributed by atoms with Crippen molar-refractivity contribution < 1.29 is 18.9 Å². The minimum absolute atomic E-state index is 0.511. The fourth-order valence-electron chi connectivity index (χ4n) is 0.640. The van der Waals surface area contributed by atoms with Gasteiger partial charge >= 0.3 is 7.28 Å². The Labute approximate surface area is 54.1 Å². The Kier molecular flexibility index (Phi) is 2.25. The standard InChI is InChI=1S/C3H8O4P2/c4-9(5,6)8-3-1-2-7-8/h1-3H2,(H2,4,5,6). The summed E-state index contributed by atoms with van der Waals surface area (Å²) in [4.78, 5) is 17.1. The van der Waals surface area contributed by atoms with Gasteiger partial charge in [-0.25, -0.2) is 0 Å². The molecule has 1 unspecified atom stereocenters. The van der Waals surface area contributed by atoms with Gasteiger partial charge < -0.3 is 14.3 Å². The molecule has 1 aliphatic heterocycles. The highest BCUT2D eigenvalue weighted by Crippen LogP contribution is 2.72. The molecule has 0 radical (unpaired) electrons. The predicted octanol–water partition coefficient (Wildman–Crippen LogP) is 0.896. The molecule has 54 valence electrons. The molecular formula is C3H8O4P2. The Morgan fingerprint density at radius 1 is 1.56 bits per heavy atom. The fraction of sp³-hybridized carbons (Fsp3) is 1.00. The summed E-state index contributed by atoms with van der Waals surface area (Å²) in [6.07, 6.45) is 1.34. The minimum atomic E-state index is -3.87. The van der Waals surface area contributed by atoms with Gasteiger partial charge in [0.25, 0.3) is 0 Å². The Balaban J connectivity index is 2.52. The number of hydrogen-bond acceptors (Lipinski definition) is 2. The van der Waals surface area contributed by atoms with Crippen LogP contribution in [0.1, 0.15) is 6.42 Å². The van der Waals surface area contributed by atoms with Crippen LogP contribution in [0.3, 0.4) is 0 Å². The zero-order valence-corrected chi connectivity index (χ0v) is 6.52. The fourth-order valence-corrected chi connectivity index (χ4v) is 3.82. The van der Waals surface area contributed by atoms with Crippen molar-refractivity contribution in [2.45, 2.75) is 6.42 Å². The maximum Gasteiger partial charge on any atom is 0.371 e. The van der Waals surface area contributed by atoms with Crippen LogP contribution >= 0.6 is 15.1 Å². The van der Waals surface area contributed by atoms with Gasteiger partial charge in [0.2, 0.25) is 0 Å². The van der Waals surface area contributed by atoms with Crippen molar-refractivity contribution in [2.24, 2.45) is 0 Å². The normalized spacial score (nSPS) is 28.9. The number of hydrogen-bond donors (Lipinski definition) is 2. The third-order valence-corrected chi connectivity index (χ3v) is 5.48. The van der Waals surface area contributed by atoms with Gasteiger partial charge in [-0.2, -0.15) is 0 Å². The van der Waals surface area contributed by atoms with Crippen LogP contribution in [0.25, 0.3) is 0 Å². The van der Waals surface area contributed by atoms with Crippen LogP contribution in [0.2, 0.25) is 0 Å². The first-order valence-electron chi connectivity index (χ1n) is 2.57. The van der Waals surface area contributed by atoms with Gasteiger partial charge in [-0.1, -0.05) is 0 Å². The maximum absolute atomic E-state index is 10.4. The van der Waals surface area contributed by atoms with Crippen molar-refractivity contribution in [1.82, 2.24) is 0 Å². The van der Waals surface area contributed by atoms with Gasteiger partial charge in [-0.3, -0.25) is 4.57 Å². The molecule has 1 atom stereocenters. The summed E-state index contributed by atoms with van der Waals surface area (Å²) < 4.78 is 15.3. The molecule has 0 amide bonds. The highest BCUT2D eigenvalue weighted by molar-refractivity contribution is 8.26. The van der Waals surface area contributed by atoms with Crippen LogP contribution in [-0.4, -0.2) is 22.6 Å². The summed E-state index contributed by atoms with van der Waals surface area (Å²) in [7, 11) is -5.29. The first kappa shape index (κ1) is 7.64. The lowest BCUT2D eigenvalue weighted by Gasteiger charge is -2.08. The minimum Gasteiger partial charge on any atom is -0.347 e. The molecule has 0 saturated carbocycles. The second-order valence-corrected chi connectivity index (χ2v) is 7.11. The lowest BCUT2D eigenvalue weighted by Crippen LogP contribution is -1.76.